The fourth-order valence-electron chi connectivity index (χ4n) is 1.78. The van der Waals surface area contributed by atoms with Gasteiger partial charge < -0.3 is 5.11 Å². The van der Waals surface area contributed by atoms with Gasteiger partial charge in [0, 0.05) is 12.1 Å². The molecule has 0 aliphatic carbocycles. The van der Waals surface area contributed by atoms with Crippen molar-refractivity contribution in [2.24, 2.45) is 0 Å². The monoisotopic (exact) mass is 328 g/mol. The van der Waals surface area contributed by atoms with Crippen LogP contribution in [0.2, 0.25) is 0 Å². The average molecular weight is 328 g/mol. The summed E-state index contributed by atoms with van der Waals surface area (Å²) in [5.41, 5.74) is 0.341. The molecule has 2 aromatic rings. The number of nitro benzene ring substituents is 1. The fraction of sp³-hybridized carbons (Fsp3) is 0.538. The Hall–Kier alpha value is -1.71. The predicted octanol–water partition coefficient (Wildman–Crippen LogP) is 2.91. The fourth-order valence-corrected chi connectivity index (χ4v) is 2.58. The Balaban J connectivity index is 0.00000116. The summed E-state index contributed by atoms with van der Waals surface area (Å²) in [6.45, 7) is 7.65. The minimum atomic E-state index is -0.523. The van der Waals surface area contributed by atoms with Crippen molar-refractivity contribution in [2.45, 2.75) is 51.2 Å². The maximum atomic E-state index is 10.9. The van der Waals surface area contributed by atoms with Gasteiger partial charge in [0.1, 0.15) is 0 Å². The van der Waals surface area contributed by atoms with Gasteiger partial charge in [-0.3, -0.25) is 14.8 Å². The SMILES string of the molecule is CC.CC(O)CC(C)NSc1ccc([N+](=O)[O-])c2nonc12. The summed E-state index contributed by atoms with van der Waals surface area (Å²) < 4.78 is 7.72. The first kappa shape index (κ1) is 18.3. The van der Waals surface area contributed by atoms with E-state index in [-0.39, 0.29) is 17.2 Å². The van der Waals surface area contributed by atoms with Gasteiger partial charge in [-0.2, -0.15) is 0 Å². The number of aliphatic hydroxyl groups is 1. The molecule has 122 valence electrons. The number of nitrogens with one attached hydrogen (secondary N) is 1. The van der Waals surface area contributed by atoms with Gasteiger partial charge in [-0.05, 0) is 48.6 Å². The minimum absolute atomic E-state index is 0.0742. The molecule has 1 aromatic carbocycles. The van der Waals surface area contributed by atoms with Gasteiger partial charge in [0.05, 0.1) is 15.9 Å². The highest BCUT2D eigenvalue weighted by molar-refractivity contribution is 7.97. The molecule has 0 aliphatic rings. The zero-order valence-electron chi connectivity index (χ0n) is 12.9. The molecule has 9 heteroatoms. The van der Waals surface area contributed by atoms with Gasteiger partial charge in [0.25, 0.3) is 0 Å². The maximum absolute atomic E-state index is 10.9. The van der Waals surface area contributed by atoms with Crippen molar-refractivity contribution in [3.8, 4) is 0 Å². The van der Waals surface area contributed by atoms with E-state index in [2.05, 4.69) is 19.7 Å². The number of aliphatic hydroxyl groups excluding tert-OH is 1. The van der Waals surface area contributed by atoms with Gasteiger partial charge >= 0.3 is 5.69 Å². The number of benzene rings is 1. The zero-order chi connectivity index (χ0) is 16.7. The van der Waals surface area contributed by atoms with Crippen molar-refractivity contribution in [3.05, 3.63) is 22.2 Å². The van der Waals surface area contributed by atoms with Crippen LogP contribution in [0.1, 0.15) is 34.1 Å². The van der Waals surface area contributed by atoms with E-state index < -0.39 is 11.0 Å². The second-order valence-corrected chi connectivity index (χ2v) is 5.39. The lowest BCUT2D eigenvalue weighted by Crippen LogP contribution is -2.23. The number of hydrogen-bond donors (Lipinski definition) is 2. The second kappa shape index (κ2) is 8.66. The van der Waals surface area contributed by atoms with Crippen LogP contribution in [0.4, 0.5) is 5.69 Å². The lowest BCUT2D eigenvalue weighted by molar-refractivity contribution is -0.383. The highest BCUT2D eigenvalue weighted by Crippen LogP contribution is 2.30. The van der Waals surface area contributed by atoms with Crippen molar-refractivity contribution in [3.63, 3.8) is 0 Å². The number of hydrogen-bond acceptors (Lipinski definition) is 8. The Morgan fingerprint density at radius 3 is 2.59 bits per heavy atom. The molecule has 0 saturated heterocycles. The van der Waals surface area contributed by atoms with E-state index in [0.717, 1.165) is 0 Å². The number of fused-ring (bicyclic) bond motifs is 1. The molecule has 1 heterocycles. The molecule has 0 fully saturated rings. The largest absolute Gasteiger partial charge is 0.393 e. The molecule has 2 N–H and O–H groups in total. The number of nitro groups is 1. The lowest BCUT2D eigenvalue weighted by atomic mass is 10.2. The van der Waals surface area contributed by atoms with E-state index in [9.17, 15) is 15.2 Å². The van der Waals surface area contributed by atoms with E-state index >= 15 is 0 Å². The number of aromatic nitrogens is 2. The van der Waals surface area contributed by atoms with Crippen molar-refractivity contribution in [1.29, 1.82) is 0 Å². The van der Waals surface area contributed by atoms with E-state index in [1.165, 1.54) is 18.0 Å². The first-order valence-electron chi connectivity index (χ1n) is 6.99. The topological polar surface area (TPSA) is 114 Å². The highest BCUT2D eigenvalue weighted by Gasteiger charge is 2.20. The molecule has 1 aromatic heterocycles. The summed E-state index contributed by atoms with van der Waals surface area (Å²) >= 11 is 1.28. The standard InChI is InChI=1S/C11H14N4O4S.C2H6/c1-6(5-7(2)16)14-20-9-4-3-8(15(17)18)10-11(9)13-19-12-10;1-2/h3-4,6-7,14,16H,5H2,1-2H3;1-2H3. The third-order valence-corrected chi connectivity index (χ3v) is 3.69. The van der Waals surface area contributed by atoms with Crippen LogP contribution in [0.5, 0.6) is 0 Å². The Bertz CT molecular complexity index is 617. The van der Waals surface area contributed by atoms with Crippen molar-refractivity contribution >= 4 is 28.7 Å². The summed E-state index contributed by atoms with van der Waals surface area (Å²) in [5.74, 6) is 0. The first-order valence-corrected chi connectivity index (χ1v) is 7.80. The Labute approximate surface area is 132 Å². The zero-order valence-corrected chi connectivity index (χ0v) is 13.8. The molecule has 0 bridgehead atoms. The summed E-state index contributed by atoms with van der Waals surface area (Å²) in [6.07, 6.45) is 0.198. The van der Waals surface area contributed by atoms with E-state index in [1.807, 2.05) is 20.8 Å². The Kier molecular flexibility index (Phi) is 7.22. The van der Waals surface area contributed by atoms with Gasteiger partial charge in [0.15, 0.2) is 5.52 Å². The molecule has 0 radical (unpaired) electrons. The van der Waals surface area contributed by atoms with Crippen molar-refractivity contribution in [1.82, 2.24) is 15.0 Å². The van der Waals surface area contributed by atoms with Crippen LogP contribution in [0.15, 0.2) is 21.7 Å². The Morgan fingerprint density at radius 1 is 1.36 bits per heavy atom. The van der Waals surface area contributed by atoms with E-state index in [1.54, 1.807) is 13.0 Å². The molecule has 8 nitrogen and oxygen atoms in total. The molecule has 0 saturated carbocycles. The summed E-state index contributed by atoms with van der Waals surface area (Å²) in [5, 5.41) is 27.4. The lowest BCUT2D eigenvalue weighted by Gasteiger charge is -2.14. The van der Waals surface area contributed by atoms with E-state index in [4.69, 9.17) is 0 Å². The van der Waals surface area contributed by atoms with Crippen LogP contribution in [0, 0.1) is 10.1 Å². The molecular weight excluding hydrogens is 308 g/mol. The van der Waals surface area contributed by atoms with Crippen LogP contribution >= 0.6 is 11.9 Å². The molecule has 2 atom stereocenters. The molecule has 2 rings (SSSR count). The summed E-state index contributed by atoms with van der Waals surface area (Å²) in [4.78, 5) is 11.0. The highest BCUT2D eigenvalue weighted by atomic mass is 32.2. The Morgan fingerprint density at radius 2 is 2.00 bits per heavy atom. The van der Waals surface area contributed by atoms with E-state index in [0.29, 0.717) is 16.8 Å². The van der Waals surface area contributed by atoms with Crippen LogP contribution in [-0.4, -0.2) is 32.5 Å². The minimum Gasteiger partial charge on any atom is -0.393 e. The summed E-state index contributed by atoms with van der Waals surface area (Å²) in [7, 11) is 0. The molecule has 0 spiro atoms. The van der Waals surface area contributed by atoms with Crippen LogP contribution in [0.25, 0.3) is 11.0 Å². The third-order valence-electron chi connectivity index (χ3n) is 2.62. The molecule has 2 unspecified atom stereocenters. The number of nitrogens with zero attached hydrogens (tertiary/aromatic N) is 3. The molecule has 22 heavy (non-hydrogen) atoms. The summed E-state index contributed by atoms with van der Waals surface area (Å²) in [6, 6.07) is 3.04. The van der Waals surface area contributed by atoms with Gasteiger partial charge in [-0.1, -0.05) is 13.8 Å². The first-order chi connectivity index (χ1) is 10.5. The number of non-ortho nitro benzene ring substituents is 1. The third kappa shape index (κ3) is 4.65. The smallest absolute Gasteiger partial charge is 0.300 e. The average Bonchev–Trinajstić information content (AvgIpc) is 2.95. The van der Waals surface area contributed by atoms with Crippen LogP contribution in [0.3, 0.4) is 0 Å². The van der Waals surface area contributed by atoms with Gasteiger partial charge in [0.2, 0.25) is 5.52 Å². The molecule has 0 amide bonds. The van der Waals surface area contributed by atoms with Gasteiger partial charge in [-0.15, -0.1) is 0 Å². The molecular formula is C13H20N4O4S. The van der Waals surface area contributed by atoms with Crippen molar-refractivity contribution < 1.29 is 14.7 Å². The maximum Gasteiger partial charge on any atom is 0.300 e. The van der Waals surface area contributed by atoms with Crippen LogP contribution in [-0.2, 0) is 0 Å². The van der Waals surface area contributed by atoms with Crippen molar-refractivity contribution in [2.75, 3.05) is 0 Å². The second-order valence-electron chi connectivity index (χ2n) is 4.51. The number of rotatable bonds is 6. The quantitative estimate of drug-likeness (QED) is 0.472. The molecule has 0 aliphatic heterocycles. The van der Waals surface area contributed by atoms with Crippen LogP contribution < -0.4 is 4.72 Å². The van der Waals surface area contributed by atoms with Gasteiger partial charge in [-0.25, -0.2) is 4.63 Å². The normalized spacial score (nSPS) is 13.3. The predicted molar refractivity (Wildman–Crippen MR) is 84.6 cm³/mol.